The van der Waals surface area contributed by atoms with Crippen molar-refractivity contribution >= 4 is 11.8 Å². The number of aromatic hydroxyl groups is 1. The first kappa shape index (κ1) is 16.0. The Hall–Kier alpha value is -1.52. The molecule has 0 amide bonds. The van der Waals surface area contributed by atoms with E-state index in [2.05, 4.69) is 40.2 Å². The number of rotatable bonds is 5. The fourth-order valence-corrected chi connectivity index (χ4v) is 5.17. The van der Waals surface area contributed by atoms with Crippen LogP contribution in [-0.4, -0.2) is 34.0 Å². The molecule has 3 nitrogen and oxygen atoms in total. The molecule has 0 radical (unpaired) electrons. The molecule has 1 saturated heterocycles. The fourth-order valence-electron chi connectivity index (χ4n) is 4.36. The maximum absolute atomic E-state index is 9.29. The molecule has 2 heterocycles. The van der Waals surface area contributed by atoms with Crippen molar-refractivity contribution in [3.63, 3.8) is 0 Å². The number of likely N-dealkylation sites (tertiary alicyclic amines) is 1. The number of fused-ring (bicyclic) bond motifs is 1. The van der Waals surface area contributed by atoms with Gasteiger partial charge in [0.1, 0.15) is 5.75 Å². The number of hydrogen-bond donors (Lipinski definition) is 1. The lowest BCUT2D eigenvalue weighted by Crippen LogP contribution is -2.22. The minimum Gasteiger partial charge on any atom is -0.506 e. The van der Waals surface area contributed by atoms with Gasteiger partial charge in [0.05, 0.1) is 17.1 Å². The molecule has 0 spiro atoms. The molecule has 2 fully saturated rings. The topological polar surface area (TPSA) is 36.4 Å². The SMILES string of the molecule is Oc1ccc(SCN2C[C@H]3CC(Cc4ccccc4)C[C@H]3C2)nc1. The average molecular weight is 340 g/mol. The van der Waals surface area contributed by atoms with Crippen LogP contribution >= 0.6 is 11.8 Å². The molecule has 0 bridgehead atoms. The number of hydrogen-bond acceptors (Lipinski definition) is 4. The van der Waals surface area contributed by atoms with Crippen molar-refractivity contribution in [2.24, 2.45) is 17.8 Å². The van der Waals surface area contributed by atoms with Gasteiger partial charge in [-0.2, -0.15) is 0 Å². The molecule has 1 aromatic carbocycles. The van der Waals surface area contributed by atoms with E-state index < -0.39 is 0 Å². The van der Waals surface area contributed by atoms with E-state index in [1.54, 1.807) is 17.8 Å². The third-order valence-electron chi connectivity index (χ3n) is 5.41. The van der Waals surface area contributed by atoms with Gasteiger partial charge in [-0.3, -0.25) is 4.90 Å². The number of benzene rings is 1. The van der Waals surface area contributed by atoms with Crippen LogP contribution in [0.2, 0.25) is 0 Å². The quantitative estimate of drug-likeness (QED) is 0.834. The summed E-state index contributed by atoms with van der Waals surface area (Å²) in [5.41, 5.74) is 1.49. The van der Waals surface area contributed by atoms with Gasteiger partial charge < -0.3 is 5.11 Å². The second-order valence-electron chi connectivity index (χ2n) is 7.21. The van der Waals surface area contributed by atoms with Crippen molar-refractivity contribution in [3.8, 4) is 5.75 Å². The van der Waals surface area contributed by atoms with Gasteiger partial charge >= 0.3 is 0 Å². The van der Waals surface area contributed by atoms with Crippen molar-refractivity contribution in [1.29, 1.82) is 0 Å². The zero-order chi connectivity index (χ0) is 16.4. The van der Waals surface area contributed by atoms with Gasteiger partial charge in [-0.1, -0.05) is 42.1 Å². The van der Waals surface area contributed by atoms with Gasteiger partial charge in [0.15, 0.2) is 0 Å². The highest BCUT2D eigenvalue weighted by atomic mass is 32.2. The maximum Gasteiger partial charge on any atom is 0.133 e. The third kappa shape index (κ3) is 3.76. The summed E-state index contributed by atoms with van der Waals surface area (Å²) in [7, 11) is 0. The van der Waals surface area contributed by atoms with E-state index in [1.165, 1.54) is 44.1 Å². The molecule has 1 aliphatic carbocycles. The standard InChI is InChI=1S/C20H24N2OS/c23-19-6-7-20(21-11-19)24-14-22-12-17-9-16(10-18(17)13-22)8-15-4-2-1-3-5-15/h1-7,11,16-18,23H,8-10,12-14H2/t16?,17-,18+. The molecule has 1 unspecified atom stereocenters. The second kappa shape index (κ2) is 7.16. The van der Waals surface area contributed by atoms with Crippen LogP contribution in [-0.2, 0) is 6.42 Å². The van der Waals surface area contributed by atoms with E-state index in [1.807, 2.05) is 6.07 Å². The molecule has 3 atom stereocenters. The second-order valence-corrected chi connectivity index (χ2v) is 8.18. The highest BCUT2D eigenvalue weighted by Gasteiger charge is 2.40. The van der Waals surface area contributed by atoms with E-state index in [4.69, 9.17) is 0 Å². The van der Waals surface area contributed by atoms with Crippen LogP contribution in [0.15, 0.2) is 53.7 Å². The summed E-state index contributed by atoms with van der Waals surface area (Å²) in [6.45, 7) is 2.47. The summed E-state index contributed by atoms with van der Waals surface area (Å²) in [4.78, 5) is 6.83. The van der Waals surface area contributed by atoms with Crippen LogP contribution in [0.5, 0.6) is 5.75 Å². The first-order chi connectivity index (χ1) is 11.8. The summed E-state index contributed by atoms with van der Waals surface area (Å²) >= 11 is 1.77. The molecule has 2 aromatic rings. The zero-order valence-corrected chi connectivity index (χ0v) is 14.7. The summed E-state index contributed by atoms with van der Waals surface area (Å²) in [5.74, 6) is 3.88. The number of pyridine rings is 1. The molecule has 1 aromatic heterocycles. The molecule has 1 saturated carbocycles. The molecule has 1 aliphatic heterocycles. The molecule has 2 aliphatic rings. The fraction of sp³-hybridized carbons (Fsp3) is 0.450. The molecule has 24 heavy (non-hydrogen) atoms. The Balaban J connectivity index is 1.25. The highest BCUT2D eigenvalue weighted by molar-refractivity contribution is 7.99. The lowest BCUT2D eigenvalue weighted by molar-refractivity contribution is 0.341. The molecule has 4 heteroatoms. The third-order valence-corrected chi connectivity index (χ3v) is 6.44. The van der Waals surface area contributed by atoms with E-state index in [-0.39, 0.29) is 5.75 Å². The van der Waals surface area contributed by atoms with Gasteiger partial charge in [0, 0.05) is 13.1 Å². The van der Waals surface area contributed by atoms with Crippen molar-refractivity contribution in [2.45, 2.75) is 24.3 Å². The highest BCUT2D eigenvalue weighted by Crippen LogP contribution is 2.43. The maximum atomic E-state index is 9.29. The predicted octanol–water partition coefficient (Wildman–Crippen LogP) is 4.04. The van der Waals surface area contributed by atoms with Gasteiger partial charge in [0.25, 0.3) is 0 Å². The molecular formula is C20H24N2OS. The first-order valence-corrected chi connectivity index (χ1v) is 9.79. The van der Waals surface area contributed by atoms with Crippen LogP contribution in [0.4, 0.5) is 0 Å². The molecular weight excluding hydrogens is 316 g/mol. The molecule has 126 valence electrons. The lowest BCUT2D eigenvalue weighted by atomic mass is 9.96. The lowest BCUT2D eigenvalue weighted by Gasteiger charge is -2.18. The summed E-state index contributed by atoms with van der Waals surface area (Å²) in [6.07, 6.45) is 5.55. The van der Waals surface area contributed by atoms with Crippen LogP contribution in [0.3, 0.4) is 0 Å². The Kier molecular flexibility index (Phi) is 4.76. The van der Waals surface area contributed by atoms with Crippen LogP contribution in [0, 0.1) is 17.8 Å². The largest absolute Gasteiger partial charge is 0.506 e. The van der Waals surface area contributed by atoms with Crippen molar-refractivity contribution in [2.75, 3.05) is 19.0 Å². The Morgan fingerprint density at radius 1 is 1.04 bits per heavy atom. The summed E-state index contributed by atoms with van der Waals surface area (Å²) in [6, 6.07) is 14.5. The first-order valence-electron chi connectivity index (χ1n) is 8.80. The van der Waals surface area contributed by atoms with Crippen molar-refractivity contribution in [3.05, 3.63) is 54.2 Å². The monoisotopic (exact) mass is 340 g/mol. The smallest absolute Gasteiger partial charge is 0.133 e. The van der Waals surface area contributed by atoms with Gasteiger partial charge in [0.2, 0.25) is 0 Å². The normalized spacial score (nSPS) is 26.6. The number of aromatic nitrogens is 1. The molecule has 1 N–H and O–H groups in total. The summed E-state index contributed by atoms with van der Waals surface area (Å²) in [5, 5.41) is 10.3. The Morgan fingerprint density at radius 2 is 1.79 bits per heavy atom. The Labute approximate surface area is 148 Å². The summed E-state index contributed by atoms with van der Waals surface area (Å²) < 4.78 is 0. The van der Waals surface area contributed by atoms with Gasteiger partial charge in [-0.05, 0) is 54.7 Å². The van der Waals surface area contributed by atoms with Crippen molar-refractivity contribution in [1.82, 2.24) is 9.88 Å². The predicted molar refractivity (Wildman–Crippen MR) is 98.0 cm³/mol. The number of nitrogens with zero attached hydrogens (tertiary/aromatic N) is 2. The molecule has 4 rings (SSSR count). The minimum atomic E-state index is 0.236. The van der Waals surface area contributed by atoms with Crippen molar-refractivity contribution < 1.29 is 5.11 Å². The Morgan fingerprint density at radius 3 is 2.46 bits per heavy atom. The zero-order valence-electron chi connectivity index (χ0n) is 13.8. The van der Waals surface area contributed by atoms with Gasteiger partial charge in [-0.15, -0.1) is 0 Å². The average Bonchev–Trinajstić information content (AvgIpc) is 3.13. The van der Waals surface area contributed by atoms with Crippen LogP contribution < -0.4 is 0 Å². The number of thioether (sulfide) groups is 1. The van der Waals surface area contributed by atoms with E-state index in [9.17, 15) is 5.11 Å². The minimum absolute atomic E-state index is 0.236. The Bertz CT molecular complexity index is 647. The van der Waals surface area contributed by atoms with Crippen LogP contribution in [0.1, 0.15) is 18.4 Å². The van der Waals surface area contributed by atoms with E-state index in [0.29, 0.717) is 0 Å². The van der Waals surface area contributed by atoms with Crippen LogP contribution in [0.25, 0.3) is 0 Å². The van der Waals surface area contributed by atoms with E-state index >= 15 is 0 Å². The van der Waals surface area contributed by atoms with Gasteiger partial charge in [-0.25, -0.2) is 4.98 Å². The van der Waals surface area contributed by atoms with E-state index in [0.717, 1.165) is 28.7 Å².